The SMILES string of the molecule is CCN(CCC(=O)O)C(=O)COc1ccc(Cl)c(C)c1. The molecule has 1 rings (SSSR count). The molecule has 6 heteroatoms. The molecule has 0 bridgehead atoms. The minimum Gasteiger partial charge on any atom is -0.484 e. The van der Waals surface area contributed by atoms with Crippen LogP contribution < -0.4 is 4.74 Å². The van der Waals surface area contributed by atoms with E-state index in [-0.39, 0.29) is 25.5 Å². The van der Waals surface area contributed by atoms with E-state index in [4.69, 9.17) is 21.4 Å². The van der Waals surface area contributed by atoms with Gasteiger partial charge >= 0.3 is 5.97 Å². The summed E-state index contributed by atoms with van der Waals surface area (Å²) in [6, 6.07) is 5.15. The summed E-state index contributed by atoms with van der Waals surface area (Å²) in [7, 11) is 0. The molecule has 0 spiro atoms. The number of hydrogen-bond acceptors (Lipinski definition) is 3. The molecule has 1 N–H and O–H groups in total. The molecule has 5 nitrogen and oxygen atoms in total. The Hall–Kier alpha value is -1.75. The first-order chi connectivity index (χ1) is 9.43. The van der Waals surface area contributed by atoms with Gasteiger partial charge < -0.3 is 14.7 Å². The van der Waals surface area contributed by atoms with Gasteiger partial charge in [-0.05, 0) is 37.6 Å². The Bertz CT molecular complexity index is 490. The summed E-state index contributed by atoms with van der Waals surface area (Å²) < 4.78 is 5.40. The molecule has 0 aromatic heterocycles. The molecular formula is C14H18ClNO4. The number of ether oxygens (including phenoxy) is 1. The Labute approximate surface area is 123 Å². The van der Waals surface area contributed by atoms with Crippen molar-refractivity contribution >= 4 is 23.5 Å². The number of rotatable bonds is 7. The zero-order chi connectivity index (χ0) is 15.1. The van der Waals surface area contributed by atoms with E-state index in [2.05, 4.69) is 0 Å². The second-order valence-corrected chi connectivity index (χ2v) is 4.72. The van der Waals surface area contributed by atoms with Gasteiger partial charge in [-0.2, -0.15) is 0 Å². The number of aliphatic carboxylic acids is 1. The topological polar surface area (TPSA) is 66.8 Å². The van der Waals surface area contributed by atoms with Gasteiger partial charge in [-0.3, -0.25) is 9.59 Å². The van der Waals surface area contributed by atoms with Gasteiger partial charge in [0.1, 0.15) is 5.75 Å². The third-order valence-electron chi connectivity index (χ3n) is 2.82. The largest absolute Gasteiger partial charge is 0.484 e. The molecule has 0 fully saturated rings. The van der Waals surface area contributed by atoms with Crippen LogP contribution >= 0.6 is 11.6 Å². The Kier molecular flexibility index (Phi) is 6.31. The van der Waals surface area contributed by atoms with Crippen LogP contribution in [0.1, 0.15) is 18.9 Å². The van der Waals surface area contributed by atoms with Gasteiger partial charge in [-0.25, -0.2) is 0 Å². The van der Waals surface area contributed by atoms with E-state index < -0.39 is 5.97 Å². The van der Waals surface area contributed by atoms with Crippen molar-refractivity contribution in [2.24, 2.45) is 0 Å². The number of nitrogens with zero attached hydrogens (tertiary/aromatic N) is 1. The highest BCUT2D eigenvalue weighted by molar-refractivity contribution is 6.31. The highest BCUT2D eigenvalue weighted by Crippen LogP contribution is 2.20. The van der Waals surface area contributed by atoms with Gasteiger partial charge in [0.05, 0.1) is 6.42 Å². The Morgan fingerprint density at radius 2 is 2.10 bits per heavy atom. The Morgan fingerprint density at radius 3 is 2.65 bits per heavy atom. The lowest BCUT2D eigenvalue weighted by molar-refractivity contribution is -0.139. The van der Waals surface area contributed by atoms with E-state index >= 15 is 0 Å². The molecule has 1 amide bonds. The van der Waals surface area contributed by atoms with E-state index in [1.54, 1.807) is 25.1 Å². The van der Waals surface area contributed by atoms with Crippen molar-refractivity contribution in [1.82, 2.24) is 4.90 Å². The number of carbonyl (C=O) groups is 2. The molecule has 0 saturated heterocycles. The summed E-state index contributed by atoms with van der Waals surface area (Å²) in [6.45, 7) is 4.17. The second kappa shape index (κ2) is 7.75. The monoisotopic (exact) mass is 299 g/mol. The maximum absolute atomic E-state index is 11.9. The molecule has 0 heterocycles. The number of aryl methyl sites for hydroxylation is 1. The number of amides is 1. The number of carboxylic acids is 1. The fraction of sp³-hybridized carbons (Fsp3) is 0.429. The van der Waals surface area contributed by atoms with Crippen LogP contribution in [0.15, 0.2) is 18.2 Å². The van der Waals surface area contributed by atoms with Gasteiger partial charge in [0.15, 0.2) is 6.61 Å². The lowest BCUT2D eigenvalue weighted by atomic mass is 10.2. The summed E-state index contributed by atoms with van der Waals surface area (Å²) in [4.78, 5) is 23.9. The molecule has 0 unspecified atom stereocenters. The van der Waals surface area contributed by atoms with Crippen LogP contribution in [0.25, 0.3) is 0 Å². The maximum Gasteiger partial charge on any atom is 0.305 e. The van der Waals surface area contributed by atoms with Crippen LogP contribution in [0.3, 0.4) is 0 Å². The fourth-order valence-electron chi connectivity index (χ4n) is 1.63. The molecule has 110 valence electrons. The van der Waals surface area contributed by atoms with Crippen LogP contribution in [0.2, 0.25) is 5.02 Å². The summed E-state index contributed by atoms with van der Waals surface area (Å²) in [6.07, 6.45) is -0.0698. The van der Waals surface area contributed by atoms with Gasteiger partial charge in [0.25, 0.3) is 5.91 Å². The van der Waals surface area contributed by atoms with Crippen molar-refractivity contribution in [1.29, 1.82) is 0 Å². The van der Waals surface area contributed by atoms with Crippen molar-refractivity contribution in [3.8, 4) is 5.75 Å². The number of hydrogen-bond donors (Lipinski definition) is 1. The normalized spacial score (nSPS) is 10.2. The molecule has 0 aliphatic rings. The second-order valence-electron chi connectivity index (χ2n) is 4.32. The predicted molar refractivity (Wildman–Crippen MR) is 76.2 cm³/mol. The molecule has 0 atom stereocenters. The van der Waals surface area contributed by atoms with E-state index in [9.17, 15) is 9.59 Å². The quantitative estimate of drug-likeness (QED) is 0.839. The molecule has 0 aliphatic heterocycles. The minimum absolute atomic E-state index is 0.0698. The van der Waals surface area contributed by atoms with Crippen molar-refractivity contribution in [3.05, 3.63) is 28.8 Å². The number of benzene rings is 1. The third kappa shape index (κ3) is 5.09. The highest BCUT2D eigenvalue weighted by atomic mass is 35.5. The molecule has 0 aliphatic carbocycles. The molecule has 20 heavy (non-hydrogen) atoms. The fourth-order valence-corrected chi connectivity index (χ4v) is 1.75. The van der Waals surface area contributed by atoms with Crippen LogP contribution in [0.4, 0.5) is 0 Å². The van der Waals surface area contributed by atoms with E-state index in [1.807, 2.05) is 6.92 Å². The molecule has 1 aromatic carbocycles. The summed E-state index contributed by atoms with van der Waals surface area (Å²) in [5.74, 6) is -0.596. The molecule has 0 saturated carbocycles. The van der Waals surface area contributed by atoms with E-state index in [0.29, 0.717) is 17.3 Å². The van der Waals surface area contributed by atoms with Crippen LogP contribution in [-0.4, -0.2) is 41.6 Å². The van der Waals surface area contributed by atoms with Crippen molar-refractivity contribution in [2.45, 2.75) is 20.3 Å². The molecule has 1 aromatic rings. The van der Waals surface area contributed by atoms with Crippen molar-refractivity contribution < 1.29 is 19.4 Å². The summed E-state index contributed by atoms with van der Waals surface area (Å²) >= 11 is 5.90. The van der Waals surface area contributed by atoms with Crippen molar-refractivity contribution in [2.75, 3.05) is 19.7 Å². The smallest absolute Gasteiger partial charge is 0.305 e. The van der Waals surface area contributed by atoms with Crippen molar-refractivity contribution in [3.63, 3.8) is 0 Å². The van der Waals surface area contributed by atoms with Gasteiger partial charge in [0, 0.05) is 18.1 Å². The Morgan fingerprint density at radius 1 is 1.40 bits per heavy atom. The van der Waals surface area contributed by atoms with Crippen LogP contribution in [0, 0.1) is 6.92 Å². The average molecular weight is 300 g/mol. The lowest BCUT2D eigenvalue weighted by Gasteiger charge is -2.20. The first kappa shape index (κ1) is 16.3. The van der Waals surface area contributed by atoms with Gasteiger partial charge in [0.2, 0.25) is 0 Å². The maximum atomic E-state index is 11.9. The number of carboxylic acid groups (broad SMARTS) is 1. The van der Waals surface area contributed by atoms with E-state index in [0.717, 1.165) is 5.56 Å². The minimum atomic E-state index is -0.925. The summed E-state index contributed by atoms with van der Waals surface area (Å²) in [5, 5.41) is 9.26. The van der Waals surface area contributed by atoms with Crippen LogP contribution in [-0.2, 0) is 9.59 Å². The Balaban J connectivity index is 2.52. The molecular weight excluding hydrogens is 282 g/mol. The first-order valence-corrected chi connectivity index (χ1v) is 6.70. The third-order valence-corrected chi connectivity index (χ3v) is 3.25. The number of halogens is 1. The lowest BCUT2D eigenvalue weighted by Crippen LogP contribution is -2.36. The standard InChI is InChI=1S/C14H18ClNO4/c1-3-16(7-6-14(18)19)13(17)9-20-11-4-5-12(15)10(2)8-11/h4-5,8H,3,6-7,9H2,1-2H3,(H,18,19). The zero-order valence-electron chi connectivity index (χ0n) is 11.6. The first-order valence-electron chi connectivity index (χ1n) is 6.32. The predicted octanol–water partition coefficient (Wildman–Crippen LogP) is 2.35. The van der Waals surface area contributed by atoms with E-state index in [1.165, 1.54) is 4.90 Å². The average Bonchev–Trinajstić information content (AvgIpc) is 2.40. The highest BCUT2D eigenvalue weighted by Gasteiger charge is 2.13. The number of carbonyl (C=O) groups excluding carboxylic acids is 1. The molecule has 0 radical (unpaired) electrons. The van der Waals surface area contributed by atoms with Gasteiger partial charge in [-0.15, -0.1) is 0 Å². The number of likely N-dealkylation sites (N-methyl/N-ethyl adjacent to an activating group) is 1. The summed E-state index contributed by atoms with van der Waals surface area (Å²) in [5.41, 5.74) is 0.870. The zero-order valence-corrected chi connectivity index (χ0v) is 12.3. The van der Waals surface area contributed by atoms with Crippen LogP contribution in [0.5, 0.6) is 5.75 Å². The van der Waals surface area contributed by atoms with Gasteiger partial charge in [-0.1, -0.05) is 11.6 Å².